The van der Waals surface area contributed by atoms with E-state index in [2.05, 4.69) is 32.4 Å². The van der Waals surface area contributed by atoms with E-state index >= 15 is 0 Å². The topological polar surface area (TPSA) is 103 Å². The monoisotopic (exact) mass is 431 g/mol. The fourth-order valence-electron chi connectivity index (χ4n) is 1.91. The summed E-state index contributed by atoms with van der Waals surface area (Å²) in [4.78, 5) is 22.1. The zero-order valence-corrected chi connectivity index (χ0v) is 15.5. The number of nitro benzene ring substituents is 1. The molecule has 2 rings (SSSR count). The average Bonchev–Trinajstić information content (AvgIpc) is 2.66. The van der Waals surface area contributed by atoms with Crippen LogP contribution in [0.15, 0.2) is 52.0 Å². The minimum Gasteiger partial charge on any atom is -0.481 e. The maximum absolute atomic E-state index is 11.8. The molecule has 0 spiro atoms. The van der Waals surface area contributed by atoms with Crippen LogP contribution in [0.5, 0.6) is 11.5 Å². The van der Waals surface area contributed by atoms with Crippen LogP contribution in [-0.2, 0) is 4.79 Å². The highest BCUT2D eigenvalue weighted by atomic mass is 79.9. The molecular weight excluding hydrogens is 418 g/mol. The Morgan fingerprint density at radius 3 is 2.85 bits per heavy atom. The Balaban J connectivity index is 1.92. The molecule has 0 bridgehead atoms. The largest absolute Gasteiger partial charge is 0.481 e. The number of carbonyl (C=O) groups excluding carboxylic acids is 1. The molecule has 2 aromatic rings. The number of nitrogens with one attached hydrogen (secondary N) is 1. The van der Waals surface area contributed by atoms with E-state index in [0.717, 1.165) is 4.47 Å². The Morgan fingerprint density at radius 2 is 2.11 bits per heavy atom. The van der Waals surface area contributed by atoms with Crippen molar-refractivity contribution in [2.45, 2.75) is 0 Å². The van der Waals surface area contributed by atoms with Crippen LogP contribution in [0.1, 0.15) is 5.56 Å². The van der Waals surface area contributed by atoms with Gasteiger partial charge in [0.05, 0.1) is 11.1 Å². The van der Waals surface area contributed by atoms with E-state index in [0.29, 0.717) is 11.3 Å². The van der Waals surface area contributed by atoms with E-state index in [1.807, 2.05) is 0 Å². The molecule has 0 unspecified atom stereocenters. The zero-order valence-electron chi connectivity index (χ0n) is 13.9. The van der Waals surface area contributed by atoms with Crippen LogP contribution < -0.4 is 14.9 Å². The number of para-hydroxylation sites is 2. The number of benzene rings is 2. The van der Waals surface area contributed by atoms with E-state index in [9.17, 15) is 14.9 Å². The molecule has 0 aliphatic carbocycles. The lowest BCUT2D eigenvalue weighted by Crippen LogP contribution is -2.24. The maximum atomic E-state index is 11.8. The molecule has 1 amide bonds. The minimum atomic E-state index is -0.585. The Labute approximate surface area is 163 Å². The molecule has 138 valence electrons. The van der Waals surface area contributed by atoms with Gasteiger partial charge in [-0.15, -0.1) is 6.42 Å². The van der Waals surface area contributed by atoms with Crippen LogP contribution in [0.3, 0.4) is 0 Å². The number of nitro groups is 1. The van der Waals surface area contributed by atoms with Gasteiger partial charge in [-0.3, -0.25) is 14.9 Å². The van der Waals surface area contributed by atoms with Gasteiger partial charge in [-0.1, -0.05) is 34.0 Å². The first-order valence-corrected chi connectivity index (χ1v) is 8.34. The van der Waals surface area contributed by atoms with Crippen molar-refractivity contribution in [1.29, 1.82) is 0 Å². The van der Waals surface area contributed by atoms with E-state index < -0.39 is 17.4 Å². The highest BCUT2D eigenvalue weighted by Crippen LogP contribution is 2.25. The van der Waals surface area contributed by atoms with Crippen molar-refractivity contribution in [3.8, 4) is 23.8 Å². The molecule has 9 heteroatoms. The Hall–Kier alpha value is -3.38. The third kappa shape index (κ3) is 6.13. The molecule has 0 aromatic heterocycles. The molecule has 0 heterocycles. The number of rotatable bonds is 8. The smallest absolute Gasteiger partial charge is 0.310 e. The second-order valence-electron chi connectivity index (χ2n) is 4.98. The lowest BCUT2D eigenvalue weighted by molar-refractivity contribution is -0.385. The third-order valence-electron chi connectivity index (χ3n) is 3.10. The maximum Gasteiger partial charge on any atom is 0.310 e. The number of halogens is 1. The van der Waals surface area contributed by atoms with Crippen LogP contribution in [0.2, 0.25) is 0 Å². The second-order valence-corrected chi connectivity index (χ2v) is 5.84. The summed E-state index contributed by atoms with van der Waals surface area (Å²) >= 11 is 3.36. The third-order valence-corrected chi connectivity index (χ3v) is 3.83. The molecule has 1 N–H and O–H groups in total. The Morgan fingerprint density at radius 1 is 1.33 bits per heavy atom. The minimum absolute atomic E-state index is 0.00253. The number of amides is 1. The first-order chi connectivity index (χ1) is 13.0. The predicted octanol–water partition coefficient (Wildman–Crippen LogP) is 2.90. The van der Waals surface area contributed by atoms with Gasteiger partial charge in [-0.05, 0) is 24.3 Å². The highest BCUT2D eigenvalue weighted by Gasteiger charge is 2.14. The molecule has 27 heavy (non-hydrogen) atoms. The summed E-state index contributed by atoms with van der Waals surface area (Å²) in [6.07, 6.45) is 6.56. The highest BCUT2D eigenvalue weighted by molar-refractivity contribution is 9.10. The number of carbonyl (C=O) groups is 1. The summed E-state index contributed by atoms with van der Waals surface area (Å²) in [5.41, 5.74) is 2.72. The van der Waals surface area contributed by atoms with Gasteiger partial charge in [-0.2, -0.15) is 5.10 Å². The van der Waals surface area contributed by atoms with Gasteiger partial charge in [0.2, 0.25) is 0 Å². The summed E-state index contributed by atoms with van der Waals surface area (Å²) in [6, 6.07) is 11.0. The molecule has 0 atom stereocenters. The van der Waals surface area contributed by atoms with Crippen molar-refractivity contribution in [2.24, 2.45) is 5.10 Å². The van der Waals surface area contributed by atoms with E-state index in [-0.39, 0.29) is 18.0 Å². The first-order valence-electron chi connectivity index (χ1n) is 7.55. The van der Waals surface area contributed by atoms with Crippen molar-refractivity contribution in [1.82, 2.24) is 5.43 Å². The normalized spacial score (nSPS) is 10.2. The predicted molar refractivity (Wildman–Crippen MR) is 103 cm³/mol. The Bertz CT molecular complexity index is 908. The number of hydrogen-bond donors (Lipinski definition) is 1. The summed E-state index contributed by atoms with van der Waals surface area (Å²) in [5, 5.41) is 14.7. The van der Waals surface area contributed by atoms with Gasteiger partial charge in [0, 0.05) is 16.1 Å². The van der Waals surface area contributed by atoms with Gasteiger partial charge >= 0.3 is 5.69 Å². The lowest BCUT2D eigenvalue weighted by Gasteiger charge is -2.06. The van der Waals surface area contributed by atoms with Crippen LogP contribution in [0.4, 0.5) is 5.69 Å². The zero-order chi connectivity index (χ0) is 19.6. The van der Waals surface area contributed by atoms with E-state index in [1.54, 1.807) is 24.3 Å². The molecule has 0 aliphatic rings. The summed E-state index contributed by atoms with van der Waals surface area (Å²) in [5.74, 6) is 2.36. The van der Waals surface area contributed by atoms with Gasteiger partial charge in [0.25, 0.3) is 5.91 Å². The fraction of sp³-hybridized carbons (Fsp3) is 0.111. The van der Waals surface area contributed by atoms with Crippen molar-refractivity contribution >= 4 is 33.7 Å². The number of hydrazone groups is 1. The lowest BCUT2D eigenvalue weighted by atomic mass is 10.2. The number of hydrogen-bond acceptors (Lipinski definition) is 6. The molecule has 0 fully saturated rings. The van der Waals surface area contributed by atoms with Gasteiger partial charge in [-0.25, -0.2) is 5.43 Å². The van der Waals surface area contributed by atoms with Gasteiger partial charge in [0.1, 0.15) is 12.4 Å². The molecule has 0 saturated carbocycles. The van der Waals surface area contributed by atoms with Gasteiger partial charge in [0.15, 0.2) is 12.4 Å². The van der Waals surface area contributed by atoms with Crippen LogP contribution >= 0.6 is 15.9 Å². The molecule has 0 radical (unpaired) electrons. The SMILES string of the molecule is C#CCOc1ccc(Br)c(/C=N/NC(=O)COc2ccccc2[N+](=O)[O-])c1. The molecular formula is C18H14BrN3O5. The van der Waals surface area contributed by atoms with Crippen molar-refractivity contribution in [3.63, 3.8) is 0 Å². The fourth-order valence-corrected chi connectivity index (χ4v) is 2.26. The van der Waals surface area contributed by atoms with Crippen LogP contribution in [0, 0.1) is 22.5 Å². The van der Waals surface area contributed by atoms with Crippen LogP contribution in [0.25, 0.3) is 0 Å². The molecule has 2 aromatic carbocycles. The average molecular weight is 432 g/mol. The summed E-state index contributed by atoms with van der Waals surface area (Å²) < 4.78 is 11.2. The van der Waals surface area contributed by atoms with E-state index in [4.69, 9.17) is 15.9 Å². The number of nitrogens with zero attached hydrogens (tertiary/aromatic N) is 2. The van der Waals surface area contributed by atoms with Crippen molar-refractivity contribution in [3.05, 3.63) is 62.6 Å². The van der Waals surface area contributed by atoms with Crippen LogP contribution in [-0.4, -0.2) is 30.3 Å². The van der Waals surface area contributed by atoms with Crippen molar-refractivity contribution < 1.29 is 19.2 Å². The summed E-state index contributed by atoms with van der Waals surface area (Å²) in [7, 11) is 0. The quantitative estimate of drug-likeness (QED) is 0.299. The van der Waals surface area contributed by atoms with Crippen molar-refractivity contribution in [2.75, 3.05) is 13.2 Å². The van der Waals surface area contributed by atoms with E-state index in [1.165, 1.54) is 24.4 Å². The summed E-state index contributed by atoms with van der Waals surface area (Å²) in [6.45, 7) is -0.285. The molecule has 8 nitrogen and oxygen atoms in total. The number of ether oxygens (including phenoxy) is 2. The first kappa shape index (κ1) is 19.9. The second kappa shape index (κ2) is 9.94. The standard InChI is InChI=1S/C18H14BrN3O5/c1-2-9-26-14-7-8-15(19)13(10-14)11-20-21-18(23)12-27-17-6-4-3-5-16(17)22(24)25/h1,3-8,10-11H,9,12H2,(H,21,23)/b20-11+. The molecule has 0 aliphatic heterocycles. The van der Waals surface area contributed by atoms with Gasteiger partial charge < -0.3 is 9.47 Å². The molecule has 0 saturated heterocycles. The number of terminal acetylenes is 1. The Kier molecular flexibility index (Phi) is 7.34.